The van der Waals surface area contributed by atoms with Crippen molar-refractivity contribution in [1.82, 2.24) is 15.2 Å². The monoisotopic (exact) mass is 685 g/mol. The Morgan fingerprint density at radius 1 is 0.940 bits per heavy atom. The maximum atomic E-state index is 14.7. The van der Waals surface area contributed by atoms with Gasteiger partial charge in [0.25, 0.3) is 5.91 Å². The number of rotatable bonds is 11. The Bertz CT molecular complexity index is 2050. The SMILES string of the molecule is CC(C)Oc1ccc(C2(C)NC(=O)N(CCCOc3cccc(-c4c(Cc5ccccc5)cnc5c(C(F)(F)F)cccc45)c3)C2=O)cc1F. The molecule has 1 N–H and O–H groups in total. The highest BCUT2D eigenvalue weighted by atomic mass is 19.4. The van der Waals surface area contributed by atoms with E-state index in [1.54, 1.807) is 44.2 Å². The third kappa shape index (κ3) is 6.99. The summed E-state index contributed by atoms with van der Waals surface area (Å²) in [6, 6.07) is 24.3. The van der Waals surface area contributed by atoms with Crippen LogP contribution in [0.15, 0.2) is 97.2 Å². The molecule has 1 unspecified atom stereocenters. The number of nitrogens with one attached hydrogen (secondary N) is 1. The lowest BCUT2D eigenvalue weighted by molar-refractivity contribution is -0.136. The van der Waals surface area contributed by atoms with Crippen LogP contribution in [-0.2, 0) is 22.9 Å². The van der Waals surface area contributed by atoms with Crippen LogP contribution in [0, 0.1) is 5.82 Å². The number of carbonyl (C=O) groups is 2. The van der Waals surface area contributed by atoms with E-state index in [4.69, 9.17) is 9.47 Å². The van der Waals surface area contributed by atoms with Gasteiger partial charge in [-0.25, -0.2) is 9.18 Å². The highest BCUT2D eigenvalue weighted by Crippen LogP contribution is 2.40. The van der Waals surface area contributed by atoms with E-state index >= 15 is 0 Å². The number of hydrogen-bond donors (Lipinski definition) is 1. The van der Waals surface area contributed by atoms with Crippen molar-refractivity contribution in [2.75, 3.05) is 13.2 Å². The molecular weight excluding hydrogens is 650 g/mol. The maximum absolute atomic E-state index is 14.7. The Labute approximate surface area is 286 Å². The van der Waals surface area contributed by atoms with Gasteiger partial charge in [-0.15, -0.1) is 0 Å². The van der Waals surface area contributed by atoms with Gasteiger partial charge in [0.1, 0.15) is 11.3 Å². The average molecular weight is 686 g/mol. The zero-order chi connectivity index (χ0) is 35.6. The van der Waals surface area contributed by atoms with Gasteiger partial charge in [0.05, 0.1) is 23.8 Å². The first-order valence-corrected chi connectivity index (χ1v) is 16.2. The van der Waals surface area contributed by atoms with E-state index in [0.29, 0.717) is 35.1 Å². The number of nitrogens with zero attached hydrogens (tertiary/aromatic N) is 2. The van der Waals surface area contributed by atoms with Crippen molar-refractivity contribution < 1.29 is 36.6 Å². The molecule has 1 fully saturated rings. The van der Waals surface area contributed by atoms with Crippen LogP contribution < -0.4 is 14.8 Å². The van der Waals surface area contributed by atoms with Gasteiger partial charge in [-0.3, -0.25) is 14.7 Å². The molecule has 0 saturated carbocycles. The molecule has 0 radical (unpaired) electrons. The normalized spacial score (nSPS) is 16.3. The zero-order valence-electron chi connectivity index (χ0n) is 27.7. The van der Waals surface area contributed by atoms with E-state index in [2.05, 4.69) is 10.3 Å². The average Bonchev–Trinajstić information content (AvgIpc) is 3.30. The van der Waals surface area contributed by atoms with Gasteiger partial charge in [-0.1, -0.05) is 60.7 Å². The Morgan fingerprint density at radius 3 is 2.42 bits per heavy atom. The first-order chi connectivity index (χ1) is 23.8. The van der Waals surface area contributed by atoms with E-state index in [9.17, 15) is 27.2 Å². The number of imide groups is 1. The van der Waals surface area contributed by atoms with Crippen LogP contribution in [0.5, 0.6) is 11.5 Å². The van der Waals surface area contributed by atoms with Crippen molar-refractivity contribution >= 4 is 22.8 Å². The van der Waals surface area contributed by atoms with E-state index in [0.717, 1.165) is 22.1 Å². The maximum Gasteiger partial charge on any atom is 0.418 e. The molecule has 1 aliphatic rings. The summed E-state index contributed by atoms with van der Waals surface area (Å²) in [6.45, 7) is 5.26. The number of amides is 3. The summed E-state index contributed by atoms with van der Waals surface area (Å²) in [5.41, 5.74) is 0.890. The third-order valence-electron chi connectivity index (χ3n) is 8.58. The molecule has 7 nitrogen and oxygen atoms in total. The number of benzene rings is 4. The summed E-state index contributed by atoms with van der Waals surface area (Å²) in [7, 11) is 0. The number of halogens is 4. The highest BCUT2D eigenvalue weighted by molar-refractivity contribution is 6.07. The van der Waals surface area contributed by atoms with Crippen molar-refractivity contribution in [3.8, 4) is 22.6 Å². The predicted octanol–water partition coefficient (Wildman–Crippen LogP) is 8.67. The van der Waals surface area contributed by atoms with Crippen molar-refractivity contribution in [2.45, 2.75) is 51.4 Å². The van der Waals surface area contributed by atoms with Crippen molar-refractivity contribution in [1.29, 1.82) is 0 Å². The number of hydrogen-bond acceptors (Lipinski definition) is 5. The van der Waals surface area contributed by atoms with Gasteiger partial charge in [0, 0.05) is 18.1 Å². The van der Waals surface area contributed by atoms with Gasteiger partial charge in [-0.2, -0.15) is 13.2 Å². The Balaban J connectivity index is 1.19. The van der Waals surface area contributed by atoms with E-state index in [-0.39, 0.29) is 36.1 Å². The quantitative estimate of drug-likeness (QED) is 0.0855. The van der Waals surface area contributed by atoms with Gasteiger partial charge in [0.2, 0.25) is 0 Å². The summed E-state index contributed by atoms with van der Waals surface area (Å²) in [4.78, 5) is 31.6. The minimum absolute atomic E-state index is 0.0490. The number of ether oxygens (including phenoxy) is 2. The molecule has 0 bridgehead atoms. The molecule has 1 aromatic heterocycles. The molecule has 0 aliphatic carbocycles. The number of aromatic nitrogens is 1. The summed E-state index contributed by atoms with van der Waals surface area (Å²) in [5.74, 6) is -0.638. The second-order valence-electron chi connectivity index (χ2n) is 12.6. The number of para-hydroxylation sites is 1. The largest absolute Gasteiger partial charge is 0.494 e. The molecule has 5 aromatic rings. The molecule has 1 atom stereocenters. The van der Waals surface area contributed by atoms with Crippen LogP contribution in [0.2, 0.25) is 0 Å². The number of alkyl halides is 3. The fraction of sp³-hybridized carbons (Fsp3) is 0.256. The molecule has 6 rings (SSSR count). The number of urea groups is 1. The van der Waals surface area contributed by atoms with Gasteiger partial charge in [-0.05, 0) is 91.8 Å². The van der Waals surface area contributed by atoms with E-state index < -0.39 is 35.0 Å². The van der Waals surface area contributed by atoms with Gasteiger partial charge in [0.15, 0.2) is 11.6 Å². The fourth-order valence-corrected chi connectivity index (χ4v) is 6.19. The second kappa shape index (κ2) is 13.8. The third-order valence-corrected chi connectivity index (χ3v) is 8.58. The first kappa shape index (κ1) is 34.4. The van der Waals surface area contributed by atoms with Crippen LogP contribution in [-0.4, -0.2) is 41.1 Å². The predicted molar refractivity (Wildman–Crippen MR) is 181 cm³/mol. The second-order valence-corrected chi connectivity index (χ2v) is 12.6. The molecule has 3 amide bonds. The first-order valence-electron chi connectivity index (χ1n) is 16.2. The molecule has 4 aromatic carbocycles. The summed E-state index contributed by atoms with van der Waals surface area (Å²) >= 11 is 0. The van der Waals surface area contributed by atoms with Crippen molar-refractivity contribution in [2.24, 2.45) is 0 Å². The summed E-state index contributed by atoms with van der Waals surface area (Å²) in [5, 5.41) is 3.05. The molecule has 258 valence electrons. The number of pyridine rings is 1. The Kier molecular flexibility index (Phi) is 9.51. The minimum atomic E-state index is -4.58. The molecule has 0 spiro atoms. The van der Waals surface area contributed by atoms with Crippen molar-refractivity contribution in [3.63, 3.8) is 0 Å². The molecule has 1 aliphatic heterocycles. The lowest BCUT2D eigenvalue weighted by Crippen LogP contribution is -2.41. The van der Waals surface area contributed by atoms with Crippen LogP contribution in [0.3, 0.4) is 0 Å². The minimum Gasteiger partial charge on any atom is -0.494 e. The Hall–Kier alpha value is -5.45. The summed E-state index contributed by atoms with van der Waals surface area (Å²) < 4.78 is 68.1. The standard InChI is InChI=1S/C39H35F4N3O4/c1-24(2)50-33-17-16-28(22-32(33)40)38(3)36(47)46(37(48)45-38)18-9-19-49-29-13-7-12-26(21-29)34-27(20-25-10-5-4-6-11-25)23-44-35-30(34)14-8-15-31(35)39(41,42)43/h4-8,10-17,21-24H,9,18-20H2,1-3H3,(H,45,48). The topological polar surface area (TPSA) is 80.8 Å². The molecule has 2 heterocycles. The lowest BCUT2D eigenvalue weighted by atomic mass is 9.91. The van der Waals surface area contributed by atoms with Crippen LogP contribution in [0.4, 0.5) is 22.4 Å². The zero-order valence-corrected chi connectivity index (χ0v) is 27.7. The molecular formula is C39H35F4N3O4. The van der Waals surface area contributed by atoms with Crippen LogP contribution in [0.1, 0.15) is 49.4 Å². The lowest BCUT2D eigenvalue weighted by Gasteiger charge is -2.23. The van der Waals surface area contributed by atoms with Crippen molar-refractivity contribution in [3.05, 3.63) is 125 Å². The van der Waals surface area contributed by atoms with E-state index in [1.165, 1.54) is 31.3 Å². The molecule has 50 heavy (non-hydrogen) atoms. The summed E-state index contributed by atoms with van der Waals surface area (Å²) in [6.07, 6.45) is -2.57. The fourth-order valence-electron chi connectivity index (χ4n) is 6.19. The van der Waals surface area contributed by atoms with Crippen LogP contribution >= 0.6 is 0 Å². The Morgan fingerprint density at radius 2 is 1.70 bits per heavy atom. The van der Waals surface area contributed by atoms with Crippen LogP contribution in [0.25, 0.3) is 22.0 Å². The molecule has 1 saturated heterocycles. The van der Waals surface area contributed by atoms with E-state index in [1.807, 2.05) is 36.4 Å². The van der Waals surface area contributed by atoms with Gasteiger partial charge < -0.3 is 14.8 Å². The van der Waals surface area contributed by atoms with Gasteiger partial charge >= 0.3 is 12.2 Å². The number of carbonyl (C=O) groups excluding carboxylic acids is 2. The highest BCUT2D eigenvalue weighted by Gasteiger charge is 2.49. The number of fused-ring (bicyclic) bond motifs is 1. The molecule has 11 heteroatoms. The smallest absolute Gasteiger partial charge is 0.418 e.